The van der Waals surface area contributed by atoms with Gasteiger partial charge in [0.25, 0.3) is 5.91 Å². The number of anilines is 2. The zero-order valence-electron chi connectivity index (χ0n) is 20.6. The Balaban J connectivity index is 1.37. The van der Waals surface area contributed by atoms with Gasteiger partial charge in [-0.3, -0.25) is 14.5 Å². The number of hydrogen-bond acceptors (Lipinski definition) is 6. The van der Waals surface area contributed by atoms with Gasteiger partial charge in [0.15, 0.2) is 11.5 Å². The number of sulfonamides is 1. The second kappa shape index (κ2) is 10.6. The molecule has 0 bridgehead atoms. The van der Waals surface area contributed by atoms with Gasteiger partial charge in [0.05, 0.1) is 28.8 Å². The van der Waals surface area contributed by atoms with Crippen LogP contribution in [0.3, 0.4) is 0 Å². The predicted octanol–water partition coefficient (Wildman–Crippen LogP) is 5.37. The maximum Gasteiger partial charge on any atom is 0.261 e. The van der Waals surface area contributed by atoms with Crippen molar-refractivity contribution in [3.63, 3.8) is 0 Å². The smallest absolute Gasteiger partial charge is 0.261 e. The number of benzene rings is 2. The van der Waals surface area contributed by atoms with E-state index < -0.39 is 38.8 Å². The van der Waals surface area contributed by atoms with Crippen LogP contribution >= 0.6 is 0 Å². The number of fused-ring (bicyclic) bond motifs is 1. The van der Waals surface area contributed by atoms with E-state index in [0.29, 0.717) is 23.4 Å². The lowest BCUT2D eigenvalue weighted by atomic mass is 10.1. The molecule has 0 saturated carbocycles. The van der Waals surface area contributed by atoms with Crippen LogP contribution in [0.5, 0.6) is 0 Å². The summed E-state index contributed by atoms with van der Waals surface area (Å²) in [6, 6.07) is 14.8. The summed E-state index contributed by atoms with van der Waals surface area (Å²) in [5.74, 6) is -3.27. The highest BCUT2D eigenvalue weighted by Crippen LogP contribution is 2.26. The molecule has 0 aliphatic heterocycles. The molecule has 12 heteroatoms. The third-order valence-electron chi connectivity index (χ3n) is 5.81. The maximum absolute atomic E-state index is 15.0. The molecule has 0 saturated heterocycles. The zero-order valence-corrected chi connectivity index (χ0v) is 21.4. The number of halogens is 2. The molecule has 0 atom stereocenters. The number of H-pyrrole nitrogens is 1. The van der Waals surface area contributed by atoms with Crippen LogP contribution in [0.1, 0.15) is 23.7 Å². The third kappa shape index (κ3) is 5.60. The molecule has 3 N–H and O–H groups in total. The van der Waals surface area contributed by atoms with Crippen LogP contribution in [0.15, 0.2) is 73.2 Å². The second-order valence-electron chi connectivity index (χ2n) is 8.66. The molecule has 2 aromatic carbocycles. The van der Waals surface area contributed by atoms with Crippen LogP contribution in [0, 0.1) is 11.6 Å². The Morgan fingerprint density at radius 2 is 1.77 bits per heavy atom. The van der Waals surface area contributed by atoms with Crippen LogP contribution < -0.4 is 10.0 Å². The summed E-state index contributed by atoms with van der Waals surface area (Å²) in [6.45, 7) is 1.65. The summed E-state index contributed by atoms with van der Waals surface area (Å²) in [7, 11) is -3.85. The van der Waals surface area contributed by atoms with E-state index in [1.54, 1.807) is 19.3 Å². The Hall–Kier alpha value is -4.71. The fraction of sp³-hybridized carbons (Fsp3) is 0.111. The van der Waals surface area contributed by atoms with E-state index >= 15 is 0 Å². The van der Waals surface area contributed by atoms with Crippen molar-refractivity contribution in [3.05, 3.63) is 90.4 Å². The molecule has 0 fully saturated rings. The van der Waals surface area contributed by atoms with E-state index in [2.05, 4.69) is 30.0 Å². The van der Waals surface area contributed by atoms with Crippen LogP contribution in [0.25, 0.3) is 33.7 Å². The van der Waals surface area contributed by atoms with Gasteiger partial charge in [-0.15, -0.1) is 0 Å². The summed E-state index contributed by atoms with van der Waals surface area (Å²) in [4.78, 5) is 28.7. The minimum Gasteiger partial charge on any atom is -0.337 e. The molecule has 0 aliphatic rings. The Morgan fingerprint density at radius 1 is 1.00 bits per heavy atom. The molecule has 9 nitrogen and oxygen atoms in total. The molecule has 198 valence electrons. The van der Waals surface area contributed by atoms with Gasteiger partial charge in [-0.2, -0.15) is 0 Å². The van der Waals surface area contributed by atoms with E-state index in [1.165, 1.54) is 12.3 Å². The standard InChI is InChI=1S/C27H22F2N6O3S/c1-2-12-39(37,38)35-21-10-9-20(28)23(24(21)29)27(36)32-19-13-22-26(31-15-19)34-25(33-22)17-7-5-16(6-8-17)18-4-3-11-30-14-18/h3-11,13-15,35H,2,12H2,1H3,(H,32,36)(H,31,33,34). The van der Waals surface area contributed by atoms with Gasteiger partial charge >= 0.3 is 0 Å². The second-order valence-corrected chi connectivity index (χ2v) is 10.5. The molecule has 0 radical (unpaired) electrons. The van der Waals surface area contributed by atoms with Crippen molar-refractivity contribution in [2.45, 2.75) is 13.3 Å². The molecule has 5 rings (SSSR count). The first kappa shape index (κ1) is 25.9. The SMILES string of the molecule is CCCS(=O)(=O)Nc1ccc(F)c(C(=O)Nc2cnc3nc(-c4ccc(-c5cccnc5)cc4)[nH]c3c2)c1F. The largest absolute Gasteiger partial charge is 0.337 e. The Bertz CT molecular complexity index is 1780. The lowest BCUT2D eigenvalue weighted by Crippen LogP contribution is -2.20. The number of carbonyl (C=O) groups is 1. The van der Waals surface area contributed by atoms with Crippen LogP contribution in [0.2, 0.25) is 0 Å². The van der Waals surface area contributed by atoms with Gasteiger partial charge in [0.2, 0.25) is 10.0 Å². The molecule has 0 unspecified atom stereocenters. The number of amides is 1. The summed E-state index contributed by atoms with van der Waals surface area (Å²) in [5.41, 5.74) is 2.36. The Labute approximate surface area is 222 Å². The van der Waals surface area contributed by atoms with Crippen LogP contribution in [0.4, 0.5) is 20.2 Å². The lowest BCUT2D eigenvalue weighted by Gasteiger charge is -2.12. The summed E-state index contributed by atoms with van der Waals surface area (Å²) < 4.78 is 55.5. The van der Waals surface area contributed by atoms with Gasteiger partial charge in [0.1, 0.15) is 17.2 Å². The van der Waals surface area contributed by atoms with Crippen molar-refractivity contribution >= 4 is 38.5 Å². The highest BCUT2D eigenvalue weighted by Gasteiger charge is 2.23. The van der Waals surface area contributed by atoms with Crippen molar-refractivity contribution in [2.24, 2.45) is 0 Å². The summed E-state index contributed by atoms with van der Waals surface area (Å²) in [5, 5.41) is 2.41. The number of rotatable bonds is 8. The molecule has 39 heavy (non-hydrogen) atoms. The van der Waals surface area contributed by atoms with Gasteiger partial charge in [-0.25, -0.2) is 27.2 Å². The fourth-order valence-electron chi connectivity index (χ4n) is 3.98. The van der Waals surface area contributed by atoms with Crippen molar-refractivity contribution in [1.29, 1.82) is 0 Å². The molecule has 0 aliphatic carbocycles. The summed E-state index contributed by atoms with van der Waals surface area (Å²) >= 11 is 0. The first-order valence-electron chi connectivity index (χ1n) is 11.9. The van der Waals surface area contributed by atoms with Crippen molar-refractivity contribution < 1.29 is 22.0 Å². The summed E-state index contributed by atoms with van der Waals surface area (Å²) in [6.07, 6.45) is 5.08. The van der Waals surface area contributed by atoms with E-state index in [0.717, 1.165) is 28.8 Å². The monoisotopic (exact) mass is 548 g/mol. The lowest BCUT2D eigenvalue weighted by molar-refractivity contribution is 0.101. The molecular weight excluding hydrogens is 526 g/mol. The first-order valence-corrected chi connectivity index (χ1v) is 13.6. The molecule has 5 aromatic rings. The normalized spacial score (nSPS) is 11.5. The number of pyridine rings is 2. The molecule has 3 heterocycles. The highest BCUT2D eigenvalue weighted by atomic mass is 32.2. The molecule has 0 spiro atoms. The number of carbonyl (C=O) groups excluding carboxylic acids is 1. The minimum absolute atomic E-state index is 0.158. The molecular formula is C27H22F2N6O3S. The molecule has 3 aromatic heterocycles. The zero-order chi connectivity index (χ0) is 27.6. The predicted molar refractivity (Wildman–Crippen MR) is 145 cm³/mol. The van der Waals surface area contributed by atoms with E-state index in [1.807, 2.05) is 36.4 Å². The van der Waals surface area contributed by atoms with Gasteiger partial charge in [0, 0.05) is 18.0 Å². The number of aromatic amines is 1. The van der Waals surface area contributed by atoms with E-state index in [9.17, 15) is 22.0 Å². The number of nitrogens with one attached hydrogen (secondary N) is 3. The van der Waals surface area contributed by atoms with Crippen LogP contribution in [-0.4, -0.2) is 40.0 Å². The number of imidazole rings is 1. The number of aromatic nitrogens is 4. The number of hydrogen-bond donors (Lipinski definition) is 3. The van der Waals surface area contributed by atoms with Crippen LogP contribution in [-0.2, 0) is 10.0 Å². The van der Waals surface area contributed by atoms with E-state index in [-0.39, 0.29) is 11.4 Å². The first-order chi connectivity index (χ1) is 18.7. The Morgan fingerprint density at radius 3 is 2.49 bits per heavy atom. The Kier molecular flexibility index (Phi) is 7.03. The van der Waals surface area contributed by atoms with Gasteiger partial charge in [-0.05, 0) is 41.8 Å². The highest BCUT2D eigenvalue weighted by molar-refractivity contribution is 7.92. The van der Waals surface area contributed by atoms with Crippen molar-refractivity contribution in [2.75, 3.05) is 15.8 Å². The minimum atomic E-state index is -3.85. The van der Waals surface area contributed by atoms with E-state index in [4.69, 9.17) is 0 Å². The average molecular weight is 549 g/mol. The average Bonchev–Trinajstić information content (AvgIpc) is 3.34. The fourth-order valence-corrected chi connectivity index (χ4v) is 5.11. The van der Waals surface area contributed by atoms with Gasteiger partial charge in [-0.1, -0.05) is 37.3 Å². The third-order valence-corrected chi connectivity index (χ3v) is 7.28. The van der Waals surface area contributed by atoms with Gasteiger partial charge < -0.3 is 10.3 Å². The van der Waals surface area contributed by atoms with Crippen molar-refractivity contribution in [1.82, 2.24) is 19.9 Å². The maximum atomic E-state index is 15.0. The quantitative estimate of drug-likeness (QED) is 0.239. The van der Waals surface area contributed by atoms with Crippen molar-refractivity contribution in [3.8, 4) is 22.5 Å². The molecule has 1 amide bonds. The topological polar surface area (TPSA) is 130 Å². The number of nitrogens with zero attached hydrogens (tertiary/aromatic N) is 3.